The Morgan fingerprint density at radius 2 is 2.38 bits per heavy atom. The number of hydrogen-bond acceptors (Lipinski definition) is 4. The highest BCUT2D eigenvalue weighted by Crippen LogP contribution is 2.06. The maximum absolute atomic E-state index is 10.7. The van der Waals surface area contributed by atoms with Crippen molar-refractivity contribution in [2.24, 2.45) is 0 Å². The first-order valence-electron chi connectivity index (χ1n) is 5.07. The van der Waals surface area contributed by atoms with Gasteiger partial charge in [0.1, 0.15) is 0 Å². The molecule has 0 aliphatic carbocycles. The average Bonchev–Trinajstić information content (AvgIpc) is 2.24. The number of carboxylic acid groups (broad SMARTS) is 1. The second kappa shape index (κ2) is 5.85. The molecule has 0 aromatic carbocycles. The van der Waals surface area contributed by atoms with E-state index in [2.05, 4.69) is 15.3 Å². The molecule has 0 atom stereocenters. The lowest BCUT2D eigenvalue weighted by Gasteiger charge is -2.05. The molecule has 1 heterocycles. The molecular weight excluding hydrogens is 206 g/mol. The van der Waals surface area contributed by atoms with Crippen molar-refractivity contribution in [2.75, 3.05) is 11.9 Å². The van der Waals surface area contributed by atoms with E-state index in [0.717, 1.165) is 13.0 Å². The molecule has 1 aromatic rings. The number of carbonyl (C=O) groups is 1. The third-order valence-electron chi connectivity index (χ3n) is 2.04. The molecule has 0 saturated carbocycles. The SMILES string of the molecule is C/C=C/CCNc1ncc(C(=O)O)c(C)n1. The summed E-state index contributed by atoms with van der Waals surface area (Å²) in [5.41, 5.74) is 0.607. The van der Waals surface area contributed by atoms with Crippen molar-refractivity contribution < 1.29 is 9.90 Å². The van der Waals surface area contributed by atoms with Crippen molar-refractivity contribution in [1.29, 1.82) is 0 Å². The minimum absolute atomic E-state index is 0.138. The third kappa shape index (κ3) is 3.34. The standard InChI is InChI=1S/C11H15N3O2/c1-3-4-5-6-12-11-13-7-9(10(15)16)8(2)14-11/h3-4,7H,5-6H2,1-2H3,(H,15,16)(H,12,13,14)/b4-3+. The second-order valence-corrected chi connectivity index (χ2v) is 3.28. The molecule has 0 unspecified atom stereocenters. The van der Waals surface area contributed by atoms with E-state index in [-0.39, 0.29) is 5.56 Å². The highest BCUT2D eigenvalue weighted by Gasteiger charge is 2.09. The summed E-state index contributed by atoms with van der Waals surface area (Å²) in [5.74, 6) is -0.537. The van der Waals surface area contributed by atoms with Crippen molar-refractivity contribution in [2.45, 2.75) is 20.3 Å². The number of anilines is 1. The van der Waals surface area contributed by atoms with Gasteiger partial charge in [-0.25, -0.2) is 14.8 Å². The van der Waals surface area contributed by atoms with Gasteiger partial charge in [-0.1, -0.05) is 12.2 Å². The molecular formula is C11H15N3O2. The molecule has 5 nitrogen and oxygen atoms in total. The van der Waals surface area contributed by atoms with E-state index in [4.69, 9.17) is 5.11 Å². The summed E-state index contributed by atoms with van der Waals surface area (Å²) in [6.07, 6.45) is 6.22. The Morgan fingerprint density at radius 1 is 1.62 bits per heavy atom. The van der Waals surface area contributed by atoms with Crippen LogP contribution >= 0.6 is 0 Å². The number of allylic oxidation sites excluding steroid dienone is 1. The third-order valence-corrected chi connectivity index (χ3v) is 2.04. The molecule has 2 N–H and O–H groups in total. The number of aryl methyl sites for hydroxylation is 1. The molecule has 86 valence electrons. The zero-order valence-corrected chi connectivity index (χ0v) is 9.40. The fourth-order valence-electron chi connectivity index (χ4n) is 1.20. The van der Waals surface area contributed by atoms with Crippen LogP contribution in [0.4, 0.5) is 5.95 Å². The summed E-state index contributed by atoms with van der Waals surface area (Å²) in [5, 5.41) is 11.8. The van der Waals surface area contributed by atoms with E-state index < -0.39 is 5.97 Å². The first-order valence-corrected chi connectivity index (χ1v) is 5.07. The van der Waals surface area contributed by atoms with Crippen LogP contribution in [0, 0.1) is 6.92 Å². The number of aromatic carboxylic acids is 1. The van der Waals surface area contributed by atoms with E-state index in [1.54, 1.807) is 6.92 Å². The van der Waals surface area contributed by atoms with Crippen LogP contribution in [-0.2, 0) is 0 Å². The van der Waals surface area contributed by atoms with Crippen LogP contribution in [0.2, 0.25) is 0 Å². The van der Waals surface area contributed by atoms with Gasteiger partial charge in [-0.3, -0.25) is 0 Å². The van der Waals surface area contributed by atoms with Crippen LogP contribution in [0.5, 0.6) is 0 Å². The number of nitrogens with one attached hydrogen (secondary N) is 1. The van der Waals surface area contributed by atoms with Gasteiger partial charge >= 0.3 is 5.97 Å². The molecule has 0 aliphatic heterocycles. The quantitative estimate of drug-likeness (QED) is 0.586. The Labute approximate surface area is 94.2 Å². The molecule has 0 saturated heterocycles. The summed E-state index contributed by atoms with van der Waals surface area (Å²) in [6.45, 7) is 4.35. The smallest absolute Gasteiger partial charge is 0.339 e. The lowest BCUT2D eigenvalue weighted by Crippen LogP contribution is -2.09. The van der Waals surface area contributed by atoms with Gasteiger partial charge in [0.05, 0.1) is 11.3 Å². The van der Waals surface area contributed by atoms with Crippen molar-refractivity contribution in [1.82, 2.24) is 9.97 Å². The Balaban J connectivity index is 2.63. The molecule has 16 heavy (non-hydrogen) atoms. The van der Waals surface area contributed by atoms with Crippen LogP contribution in [0.1, 0.15) is 29.4 Å². The highest BCUT2D eigenvalue weighted by atomic mass is 16.4. The maximum atomic E-state index is 10.7. The highest BCUT2D eigenvalue weighted by molar-refractivity contribution is 5.88. The fraction of sp³-hybridized carbons (Fsp3) is 0.364. The molecule has 1 rings (SSSR count). The van der Waals surface area contributed by atoms with Gasteiger partial charge in [-0.15, -0.1) is 0 Å². The lowest BCUT2D eigenvalue weighted by atomic mass is 10.2. The van der Waals surface area contributed by atoms with Crippen molar-refractivity contribution in [3.05, 3.63) is 29.6 Å². The van der Waals surface area contributed by atoms with E-state index in [0.29, 0.717) is 11.6 Å². The molecule has 1 aromatic heterocycles. The first-order chi connectivity index (χ1) is 7.65. The van der Waals surface area contributed by atoms with Crippen LogP contribution in [0.15, 0.2) is 18.3 Å². The van der Waals surface area contributed by atoms with Crippen molar-refractivity contribution in [3.8, 4) is 0 Å². The predicted molar refractivity (Wildman–Crippen MR) is 61.6 cm³/mol. The Kier molecular flexibility index (Phi) is 4.44. The van der Waals surface area contributed by atoms with Crippen LogP contribution in [0.3, 0.4) is 0 Å². The second-order valence-electron chi connectivity index (χ2n) is 3.28. The van der Waals surface area contributed by atoms with Crippen molar-refractivity contribution >= 4 is 11.9 Å². The normalized spacial score (nSPS) is 10.6. The topological polar surface area (TPSA) is 75.1 Å². The predicted octanol–water partition coefficient (Wildman–Crippen LogP) is 1.86. The summed E-state index contributed by atoms with van der Waals surface area (Å²) >= 11 is 0. The number of aromatic nitrogens is 2. The molecule has 0 radical (unpaired) electrons. The van der Waals surface area contributed by atoms with Gasteiger partial charge < -0.3 is 10.4 Å². The first kappa shape index (κ1) is 12.2. The number of nitrogens with zero attached hydrogens (tertiary/aromatic N) is 2. The zero-order valence-electron chi connectivity index (χ0n) is 9.40. The van der Waals surface area contributed by atoms with Crippen molar-refractivity contribution in [3.63, 3.8) is 0 Å². The summed E-state index contributed by atoms with van der Waals surface area (Å²) in [4.78, 5) is 18.7. The van der Waals surface area contributed by atoms with Gasteiger partial charge in [0.2, 0.25) is 5.95 Å². The number of carboxylic acids is 1. The monoisotopic (exact) mass is 221 g/mol. The van der Waals surface area contributed by atoms with Gasteiger partial charge in [-0.2, -0.15) is 0 Å². The van der Waals surface area contributed by atoms with Gasteiger partial charge in [0.15, 0.2) is 0 Å². The molecule has 0 fully saturated rings. The molecule has 0 amide bonds. The Morgan fingerprint density at radius 3 is 2.94 bits per heavy atom. The van der Waals surface area contributed by atoms with E-state index >= 15 is 0 Å². The van der Waals surface area contributed by atoms with Gasteiger partial charge in [0.25, 0.3) is 0 Å². The summed E-state index contributed by atoms with van der Waals surface area (Å²) in [6, 6.07) is 0. The molecule has 0 bridgehead atoms. The maximum Gasteiger partial charge on any atom is 0.339 e. The molecule has 0 spiro atoms. The van der Waals surface area contributed by atoms with E-state index in [9.17, 15) is 4.79 Å². The van der Waals surface area contributed by atoms with Crippen LogP contribution < -0.4 is 5.32 Å². The minimum Gasteiger partial charge on any atom is -0.478 e. The molecule has 0 aliphatic rings. The number of rotatable bonds is 5. The van der Waals surface area contributed by atoms with E-state index in [1.165, 1.54) is 6.20 Å². The van der Waals surface area contributed by atoms with Gasteiger partial charge in [0, 0.05) is 12.7 Å². The zero-order chi connectivity index (χ0) is 12.0. The number of hydrogen-bond donors (Lipinski definition) is 2. The minimum atomic E-state index is -1.00. The lowest BCUT2D eigenvalue weighted by molar-refractivity contribution is 0.0695. The summed E-state index contributed by atoms with van der Waals surface area (Å²) < 4.78 is 0. The van der Waals surface area contributed by atoms with Gasteiger partial charge in [-0.05, 0) is 20.3 Å². The fourth-order valence-corrected chi connectivity index (χ4v) is 1.20. The average molecular weight is 221 g/mol. The largest absolute Gasteiger partial charge is 0.478 e. The Hall–Kier alpha value is -1.91. The Bertz CT molecular complexity index is 402. The molecule has 5 heteroatoms. The van der Waals surface area contributed by atoms with E-state index in [1.807, 2.05) is 19.1 Å². The van der Waals surface area contributed by atoms with Crippen LogP contribution in [0.25, 0.3) is 0 Å². The van der Waals surface area contributed by atoms with Crippen LogP contribution in [-0.4, -0.2) is 27.6 Å². The summed E-state index contributed by atoms with van der Waals surface area (Å²) in [7, 11) is 0.